The summed E-state index contributed by atoms with van der Waals surface area (Å²) in [4.78, 5) is 5.27. The summed E-state index contributed by atoms with van der Waals surface area (Å²) in [5.74, 6) is 0. The van der Waals surface area contributed by atoms with Crippen LogP contribution in [0, 0.1) is 0 Å². The Morgan fingerprint density at radius 1 is 1.20 bits per heavy atom. The summed E-state index contributed by atoms with van der Waals surface area (Å²) in [6.07, 6.45) is 2.68. The van der Waals surface area contributed by atoms with E-state index >= 15 is 0 Å². The minimum Gasteiger partial charge on any atom is -0.314 e. The van der Waals surface area contributed by atoms with E-state index in [4.69, 9.17) is 0 Å². The SMILES string of the molecule is CCN1CCN(C2CCNC(C)C2)CC1. The van der Waals surface area contributed by atoms with Crippen molar-refractivity contribution in [2.75, 3.05) is 39.3 Å². The molecule has 3 nitrogen and oxygen atoms in total. The van der Waals surface area contributed by atoms with Gasteiger partial charge < -0.3 is 10.2 Å². The van der Waals surface area contributed by atoms with Crippen molar-refractivity contribution >= 4 is 0 Å². The third-order valence-corrected chi connectivity index (χ3v) is 3.97. The Kier molecular flexibility index (Phi) is 4.00. The summed E-state index contributed by atoms with van der Waals surface area (Å²) in [5.41, 5.74) is 0. The number of nitrogens with zero attached hydrogens (tertiary/aromatic N) is 2. The normalized spacial score (nSPS) is 35.6. The number of rotatable bonds is 2. The molecule has 0 saturated carbocycles. The molecule has 2 heterocycles. The van der Waals surface area contributed by atoms with E-state index < -0.39 is 0 Å². The molecule has 0 aromatic carbocycles. The zero-order chi connectivity index (χ0) is 10.7. The van der Waals surface area contributed by atoms with Gasteiger partial charge in [0, 0.05) is 38.3 Å². The van der Waals surface area contributed by atoms with Crippen molar-refractivity contribution in [3.8, 4) is 0 Å². The quantitative estimate of drug-likeness (QED) is 0.728. The lowest BCUT2D eigenvalue weighted by atomic mass is 9.98. The molecule has 0 aromatic heterocycles. The molecule has 3 heteroatoms. The Labute approximate surface area is 93.8 Å². The second-order valence-corrected chi connectivity index (χ2v) is 5.00. The molecule has 2 unspecified atom stereocenters. The minimum absolute atomic E-state index is 0.716. The van der Waals surface area contributed by atoms with Gasteiger partial charge in [0.1, 0.15) is 0 Å². The predicted molar refractivity (Wildman–Crippen MR) is 64.2 cm³/mol. The fourth-order valence-electron chi connectivity index (χ4n) is 2.88. The van der Waals surface area contributed by atoms with E-state index in [0.29, 0.717) is 6.04 Å². The van der Waals surface area contributed by atoms with Crippen LogP contribution in [-0.4, -0.2) is 61.2 Å². The Hall–Kier alpha value is -0.120. The largest absolute Gasteiger partial charge is 0.314 e. The third-order valence-electron chi connectivity index (χ3n) is 3.97. The molecular weight excluding hydrogens is 186 g/mol. The molecule has 0 radical (unpaired) electrons. The highest BCUT2D eigenvalue weighted by atomic mass is 15.3. The smallest absolute Gasteiger partial charge is 0.0123 e. The summed E-state index contributed by atoms with van der Waals surface area (Å²) >= 11 is 0. The zero-order valence-corrected chi connectivity index (χ0v) is 10.2. The second kappa shape index (κ2) is 5.28. The number of likely N-dealkylation sites (N-methyl/N-ethyl adjacent to an activating group) is 1. The van der Waals surface area contributed by atoms with E-state index in [1.54, 1.807) is 0 Å². The number of piperazine rings is 1. The molecule has 0 bridgehead atoms. The maximum atomic E-state index is 3.53. The first-order valence-electron chi connectivity index (χ1n) is 6.49. The van der Waals surface area contributed by atoms with Gasteiger partial charge in [0.05, 0.1) is 0 Å². The number of piperidine rings is 1. The molecule has 2 saturated heterocycles. The fourth-order valence-corrected chi connectivity index (χ4v) is 2.88. The van der Waals surface area contributed by atoms with Crippen LogP contribution in [0.2, 0.25) is 0 Å². The standard InChI is InChI=1S/C12H25N3/c1-3-14-6-8-15(9-7-14)12-4-5-13-11(2)10-12/h11-13H,3-10H2,1-2H3. The number of hydrogen-bond donors (Lipinski definition) is 1. The molecule has 2 rings (SSSR count). The van der Waals surface area contributed by atoms with Gasteiger partial charge in [-0.3, -0.25) is 4.90 Å². The van der Waals surface area contributed by atoms with Crippen LogP contribution < -0.4 is 5.32 Å². The van der Waals surface area contributed by atoms with Crippen LogP contribution in [0.3, 0.4) is 0 Å². The lowest BCUT2D eigenvalue weighted by Crippen LogP contribution is -2.54. The van der Waals surface area contributed by atoms with Gasteiger partial charge in [-0.25, -0.2) is 0 Å². The molecule has 2 fully saturated rings. The lowest BCUT2D eigenvalue weighted by Gasteiger charge is -2.42. The van der Waals surface area contributed by atoms with Gasteiger partial charge in [0.25, 0.3) is 0 Å². The molecule has 2 aliphatic heterocycles. The zero-order valence-electron chi connectivity index (χ0n) is 10.2. The van der Waals surface area contributed by atoms with Crippen molar-refractivity contribution in [2.45, 2.75) is 38.8 Å². The average Bonchev–Trinajstić information content (AvgIpc) is 2.29. The summed E-state index contributed by atoms with van der Waals surface area (Å²) < 4.78 is 0. The van der Waals surface area contributed by atoms with Crippen molar-refractivity contribution in [3.05, 3.63) is 0 Å². The average molecular weight is 211 g/mol. The summed E-state index contributed by atoms with van der Waals surface area (Å²) in [5, 5.41) is 3.53. The van der Waals surface area contributed by atoms with Crippen molar-refractivity contribution in [1.82, 2.24) is 15.1 Å². The molecule has 1 N–H and O–H groups in total. The molecule has 0 aliphatic carbocycles. The Morgan fingerprint density at radius 2 is 1.93 bits per heavy atom. The first kappa shape index (κ1) is 11.4. The van der Waals surface area contributed by atoms with Crippen molar-refractivity contribution in [2.24, 2.45) is 0 Å². The first-order valence-corrected chi connectivity index (χ1v) is 6.49. The van der Waals surface area contributed by atoms with Crippen LogP contribution in [-0.2, 0) is 0 Å². The van der Waals surface area contributed by atoms with E-state index in [1.807, 2.05) is 0 Å². The Balaban J connectivity index is 1.79. The number of nitrogens with one attached hydrogen (secondary N) is 1. The Morgan fingerprint density at radius 3 is 2.53 bits per heavy atom. The Bertz CT molecular complexity index is 187. The molecule has 0 amide bonds. The van der Waals surface area contributed by atoms with E-state index in [1.165, 1.54) is 52.1 Å². The lowest BCUT2D eigenvalue weighted by molar-refractivity contribution is 0.0779. The van der Waals surface area contributed by atoms with Crippen LogP contribution in [0.15, 0.2) is 0 Å². The van der Waals surface area contributed by atoms with Crippen molar-refractivity contribution in [1.29, 1.82) is 0 Å². The molecule has 2 aliphatic rings. The fraction of sp³-hybridized carbons (Fsp3) is 1.00. The van der Waals surface area contributed by atoms with Crippen LogP contribution in [0.4, 0.5) is 0 Å². The molecule has 2 atom stereocenters. The molecule has 15 heavy (non-hydrogen) atoms. The van der Waals surface area contributed by atoms with Crippen LogP contribution >= 0.6 is 0 Å². The van der Waals surface area contributed by atoms with Gasteiger partial charge in [0.15, 0.2) is 0 Å². The third kappa shape index (κ3) is 2.92. The van der Waals surface area contributed by atoms with E-state index in [9.17, 15) is 0 Å². The molecular formula is C12H25N3. The number of hydrogen-bond acceptors (Lipinski definition) is 3. The van der Waals surface area contributed by atoms with Crippen molar-refractivity contribution in [3.63, 3.8) is 0 Å². The first-order chi connectivity index (χ1) is 7.29. The van der Waals surface area contributed by atoms with Crippen molar-refractivity contribution < 1.29 is 0 Å². The van der Waals surface area contributed by atoms with Gasteiger partial charge in [-0.1, -0.05) is 6.92 Å². The van der Waals surface area contributed by atoms with E-state index in [2.05, 4.69) is 29.0 Å². The summed E-state index contributed by atoms with van der Waals surface area (Å²) in [7, 11) is 0. The van der Waals surface area contributed by atoms with Gasteiger partial charge in [0.2, 0.25) is 0 Å². The monoisotopic (exact) mass is 211 g/mol. The topological polar surface area (TPSA) is 18.5 Å². The van der Waals surface area contributed by atoms with Gasteiger partial charge in [-0.15, -0.1) is 0 Å². The van der Waals surface area contributed by atoms with Crippen LogP contribution in [0.1, 0.15) is 26.7 Å². The maximum Gasteiger partial charge on any atom is 0.0123 e. The highest BCUT2D eigenvalue weighted by molar-refractivity contribution is 4.84. The van der Waals surface area contributed by atoms with Gasteiger partial charge in [-0.2, -0.15) is 0 Å². The molecule has 0 aromatic rings. The van der Waals surface area contributed by atoms with E-state index in [-0.39, 0.29) is 0 Å². The van der Waals surface area contributed by atoms with Gasteiger partial charge >= 0.3 is 0 Å². The maximum absolute atomic E-state index is 3.53. The summed E-state index contributed by atoms with van der Waals surface area (Å²) in [6.45, 7) is 12.1. The highest BCUT2D eigenvalue weighted by Crippen LogP contribution is 2.17. The van der Waals surface area contributed by atoms with Gasteiger partial charge in [-0.05, 0) is 32.9 Å². The highest BCUT2D eigenvalue weighted by Gasteiger charge is 2.26. The minimum atomic E-state index is 0.716. The predicted octanol–water partition coefficient (Wildman–Crippen LogP) is 0.764. The van der Waals surface area contributed by atoms with Crippen LogP contribution in [0.5, 0.6) is 0 Å². The summed E-state index contributed by atoms with van der Waals surface area (Å²) in [6, 6.07) is 1.56. The molecule has 0 spiro atoms. The van der Waals surface area contributed by atoms with E-state index in [0.717, 1.165) is 6.04 Å². The molecule has 88 valence electrons. The second-order valence-electron chi connectivity index (χ2n) is 5.00. The van der Waals surface area contributed by atoms with Crippen LogP contribution in [0.25, 0.3) is 0 Å².